The van der Waals surface area contributed by atoms with E-state index in [1.165, 1.54) is 6.07 Å². The summed E-state index contributed by atoms with van der Waals surface area (Å²) in [6.07, 6.45) is 0. The standard InChI is InChI=1S/C15H11N3O2/c16-15-17-12(8-13(18-15)14(19)20)11-6-5-9-3-1-2-4-10(9)7-11/h1-8H,(H,19,20)(H2,16,17,18). The monoisotopic (exact) mass is 265 g/mol. The minimum Gasteiger partial charge on any atom is -0.477 e. The fourth-order valence-corrected chi connectivity index (χ4v) is 2.07. The Bertz CT molecular complexity index is 815. The van der Waals surface area contributed by atoms with Gasteiger partial charge in [0.1, 0.15) is 0 Å². The Morgan fingerprint density at radius 3 is 2.50 bits per heavy atom. The van der Waals surface area contributed by atoms with Crippen LogP contribution in [-0.4, -0.2) is 21.0 Å². The molecule has 1 aromatic heterocycles. The molecule has 0 aliphatic rings. The van der Waals surface area contributed by atoms with Gasteiger partial charge < -0.3 is 10.8 Å². The largest absolute Gasteiger partial charge is 0.477 e. The first-order chi connectivity index (χ1) is 9.63. The van der Waals surface area contributed by atoms with E-state index in [2.05, 4.69) is 9.97 Å². The molecule has 0 aliphatic heterocycles. The summed E-state index contributed by atoms with van der Waals surface area (Å²) in [5.74, 6) is -1.17. The van der Waals surface area contributed by atoms with Gasteiger partial charge in [0, 0.05) is 5.56 Å². The van der Waals surface area contributed by atoms with Crippen LogP contribution in [0.4, 0.5) is 5.95 Å². The number of nitrogens with zero attached hydrogens (tertiary/aromatic N) is 2. The van der Waals surface area contributed by atoms with Gasteiger partial charge >= 0.3 is 5.97 Å². The van der Waals surface area contributed by atoms with Crippen LogP contribution in [-0.2, 0) is 0 Å². The van der Waals surface area contributed by atoms with E-state index in [9.17, 15) is 4.79 Å². The number of carboxylic acids is 1. The van der Waals surface area contributed by atoms with Crippen LogP contribution in [0.15, 0.2) is 48.5 Å². The van der Waals surface area contributed by atoms with E-state index in [4.69, 9.17) is 10.8 Å². The van der Waals surface area contributed by atoms with Crippen molar-refractivity contribution in [3.05, 3.63) is 54.2 Å². The fourth-order valence-electron chi connectivity index (χ4n) is 2.07. The van der Waals surface area contributed by atoms with Gasteiger partial charge in [-0.15, -0.1) is 0 Å². The Hall–Kier alpha value is -2.95. The smallest absolute Gasteiger partial charge is 0.354 e. The van der Waals surface area contributed by atoms with E-state index in [-0.39, 0.29) is 11.6 Å². The van der Waals surface area contributed by atoms with Crippen LogP contribution in [0.5, 0.6) is 0 Å². The number of rotatable bonds is 2. The number of benzene rings is 2. The van der Waals surface area contributed by atoms with E-state index < -0.39 is 5.97 Å². The van der Waals surface area contributed by atoms with Gasteiger partial charge in [0.15, 0.2) is 5.69 Å². The first kappa shape index (κ1) is 12.1. The summed E-state index contributed by atoms with van der Waals surface area (Å²) in [6, 6.07) is 15.1. The van der Waals surface area contributed by atoms with Crippen LogP contribution < -0.4 is 5.73 Å². The molecule has 5 nitrogen and oxygen atoms in total. The van der Waals surface area contributed by atoms with Crippen molar-refractivity contribution in [3.63, 3.8) is 0 Å². The number of hydrogen-bond donors (Lipinski definition) is 2. The van der Waals surface area contributed by atoms with Gasteiger partial charge in [-0.05, 0) is 22.9 Å². The van der Waals surface area contributed by atoms with Crippen molar-refractivity contribution in [2.75, 3.05) is 5.73 Å². The van der Waals surface area contributed by atoms with Crippen molar-refractivity contribution < 1.29 is 9.90 Å². The lowest BCUT2D eigenvalue weighted by Gasteiger charge is -2.05. The molecule has 98 valence electrons. The number of carbonyl (C=O) groups is 1. The molecule has 0 spiro atoms. The second kappa shape index (κ2) is 4.62. The number of hydrogen-bond acceptors (Lipinski definition) is 4. The van der Waals surface area contributed by atoms with Crippen LogP contribution in [0.3, 0.4) is 0 Å². The number of nitrogen functional groups attached to an aromatic ring is 1. The molecule has 0 aliphatic carbocycles. The van der Waals surface area contributed by atoms with Gasteiger partial charge in [-0.25, -0.2) is 14.8 Å². The minimum atomic E-state index is -1.12. The Morgan fingerprint density at radius 1 is 1.00 bits per heavy atom. The number of fused-ring (bicyclic) bond motifs is 1. The van der Waals surface area contributed by atoms with Gasteiger partial charge in [-0.2, -0.15) is 0 Å². The molecule has 0 unspecified atom stereocenters. The molecule has 2 aromatic carbocycles. The number of aromatic carboxylic acids is 1. The highest BCUT2D eigenvalue weighted by Gasteiger charge is 2.10. The summed E-state index contributed by atoms with van der Waals surface area (Å²) < 4.78 is 0. The molecule has 0 fully saturated rings. The highest BCUT2D eigenvalue weighted by molar-refractivity contribution is 5.89. The average Bonchev–Trinajstić information content (AvgIpc) is 2.46. The van der Waals surface area contributed by atoms with Crippen molar-refractivity contribution >= 4 is 22.7 Å². The van der Waals surface area contributed by atoms with Gasteiger partial charge in [0.05, 0.1) is 5.69 Å². The number of carboxylic acid groups (broad SMARTS) is 1. The van der Waals surface area contributed by atoms with Gasteiger partial charge in [0.25, 0.3) is 0 Å². The van der Waals surface area contributed by atoms with Gasteiger partial charge in [0.2, 0.25) is 5.95 Å². The fraction of sp³-hybridized carbons (Fsp3) is 0. The Morgan fingerprint density at radius 2 is 1.75 bits per heavy atom. The average molecular weight is 265 g/mol. The molecular weight excluding hydrogens is 254 g/mol. The molecule has 0 saturated heterocycles. The molecular formula is C15H11N3O2. The third kappa shape index (κ3) is 2.16. The zero-order chi connectivity index (χ0) is 14.1. The molecule has 0 bridgehead atoms. The molecule has 0 saturated carbocycles. The van der Waals surface area contributed by atoms with Crippen molar-refractivity contribution in [2.45, 2.75) is 0 Å². The van der Waals surface area contributed by atoms with Crippen LogP contribution in [0.2, 0.25) is 0 Å². The highest BCUT2D eigenvalue weighted by atomic mass is 16.4. The van der Waals surface area contributed by atoms with E-state index in [1.807, 2.05) is 42.5 Å². The van der Waals surface area contributed by atoms with Crippen molar-refractivity contribution in [1.82, 2.24) is 9.97 Å². The summed E-state index contributed by atoms with van der Waals surface area (Å²) in [6.45, 7) is 0. The van der Waals surface area contributed by atoms with Crippen molar-refractivity contribution in [3.8, 4) is 11.3 Å². The lowest BCUT2D eigenvalue weighted by atomic mass is 10.0. The summed E-state index contributed by atoms with van der Waals surface area (Å²) in [7, 11) is 0. The predicted octanol–water partition coefficient (Wildman–Crippen LogP) is 2.58. The maximum Gasteiger partial charge on any atom is 0.354 e. The Kier molecular flexibility index (Phi) is 2.80. The minimum absolute atomic E-state index is 0.0481. The molecule has 5 heteroatoms. The third-order valence-electron chi connectivity index (χ3n) is 3.01. The van der Waals surface area contributed by atoms with Crippen LogP contribution >= 0.6 is 0 Å². The molecule has 3 aromatic rings. The normalized spacial score (nSPS) is 10.6. The molecule has 1 heterocycles. The van der Waals surface area contributed by atoms with E-state index in [1.54, 1.807) is 0 Å². The molecule has 3 rings (SSSR count). The molecule has 3 N–H and O–H groups in total. The Labute approximate surface area is 114 Å². The van der Waals surface area contributed by atoms with Gasteiger partial charge in [-0.3, -0.25) is 0 Å². The summed E-state index contributed by atoms with van der Waals surface area (Å²) in [4.78, 5) is 18.8. The highest BCUT2D eigenvalue weighted by Crippen LogP contribution is 2.23. The third-order valence-corrected chi connectivity index (χ3v) is 3.01. The lowest BCUT2D eigenvalue weighted by Crippen LogP contribution is -2.06. The topological polar surface area (TPSA) is 89.1 Å². The second-order valence-corrected chi connectivity index (χ2v) is 4.36. The number of nitrogens with two attached hydrogens (primary N) is 1. The molecule has 20 heavy (non-hydrogen) atoms. The first-order valence-corrected chi connectivity index (χ1v) is 6.00. The van der Waals surface area contributed by atoms with Gasteiger partial charge in [-0.1, -0.05) is 36.4 Å². The maximum atomic E-state index is 11.0. The van der Waals surface area contributed by atoms with E-state index >= 15 is 0 Å². The quantitative estimate of drug-likeness (QED) is 0.743. The van der Waals surface area contributed by atoms with Crippen molar-refractivity contribution in [2.24, 2.45) is 0 Å². The van der Waals surface area contributed by atoms with Crippen molar-refractivity contribution in [1.29, 1.82) is 0 Å². The lowest BCUT2D eigenvalue weighted by molar-refractivity contribution is 0.0690. The zero-order valence-corrected chi connectivity index (χ0v) is 10.4. The first-order valence-electron chi connectivity index (χ1n) is 6.00. The van der Waals surface area contributed by atoms with Crippen LogP contribution in [0.25, 0.3) is 22.0 Å². The van der Waals surface area contributed by atoms with E-state index in [0.717, 1.165) is 16.3 Å². The molecule has 0 atom stereocenters. The zero-order valence-electron chi connectivity index (χ0n) is 10.4. The SMILES string of the molecule is Nc1nc(C(=O)O)cc(-c2ccc3ccccc3c2)n1. The maximum absolute atomic E-state index is 11.0. The van der Waals surface area contributed by atoms with E-state index in [0.29, 0.717) is 5.69 Å². The second-order valence-electron chi connectivity index (χ2n) is 4.36. The predicted molar refractivity (Wildman–Crippen MR) is 76.3 cm³/mol. The Balaban J connectivity index is 2.17. The summed E-state index contributed by atoms with van der Waals surface area (Å²) >= 11 is 0. The molecule has 0 amide bonds. The number of anilines is 1. The number of aromatic nitrogens is 2. The van der Waals surface area contributed by atoms with Crippen LogP contribution in [0, 0.1) is 0 Å². The molecule has 0 radical (unpaired) electrons. The summed E-state index contributed by atoms with van der Waals surface area (Å²) in [5.41, 5.74) is 6.76. The summed E-state index contributed by atoms with van der Waals surface area (Å²) in [5, 5.41) is 11.2. The van der Waals surface area contributed by atoms with Crippen LogP contribution in [0.1, 0.15) is 10.5 Å².